The van der Waals surface area contributed by atoms with Crippen LogP contribution in [-0.4, -0.2) is 20.5 Å². The molecular weight excluding hydrogens is 242 g/mol. The zero-order valence-electron chi connectivity index (χ0n) is 9.75. The van der Waals surface area contributed by atoms with E-state index in [0.29, 0.717) is 28.4 Å². The standard InChI is InChI=1S/C12H14ClNO3/c1-16-10-7(6-15)5-8(13)9(11(10)17-2)12(14)3-4-12/h5-6H,3-4,14H2,1-2H3. The van der Waals surface area contributed by atoms with Crippen molar-refractivity contribution < 1.29 is 14.3 Å². The van der Waals surface area contributed by atoms with Gasteiger partial charge in [-0.1, -0.05) is 11.6 Å². The third kappa shape index (κ3) is 1.87. The second kappa shape index (κ2) is 4.20. The smallest absolute Gasteiger partial charge is 0.171 e. The van der Waals surface area contributed by atoms with Crippen molar-refractivity contribution in [2.45, 2.75) is 18.4 Å². The lowest BCUT2D eigenvalue weighted by molar-refractivity contribution is 0.112. The average molecular weight is 256 g/mol. The van der Waals surface area contributed by atoms with E-state index in [1.54, 1.807) is 6.07 Å². The van der Waals surface area contributed by atoms with Crippen LogP contribution >= 0.6 is 11.6 Å². The average Bonchev–Trinajstić information content (AvgIpc) is 3.06. The van der Waals surface area contributed by atoms with Crippen LogP contribution in [0, 0.1) is 0 Å². The molecule has 1 aliphatic carbocycles. The van der Waals surface area contributed by atoms with Crippen molar-refractivity contribution in [2.24, 2.45) is 5.73 Å². The van der Waals surface area contributed by atoms with Crippen LogP contribution < -0.4 is 15.2 Å². The Morgan fingerprint density at radius 1 is 1.35 bits per heavy atom. The number of ether oxygens (including phenoxy) is 2. The van der Waals surface area contributed by atoms with Crippen molar-refractivity contribution in [1.29, 1.82) is 0 Å². The van der Waals surface area contributed by atoms with Crippen LogP contribution in [-0.2, 0) is 5.54 Å². The quantitative estimate of drug-likeness (QED) is 0.837. The highest BCUT2D eigenvalue weighted by Crippen LogP contribution is 2.52. The van der Waals surface area contributed by atoms with Crippen LogP contribution in [0.1, 0.15) is 28.8 Å². The molecule has 0 saturated heterocycles. The van der Waals surface area contributed by atoms with Gasteiger partial charge in [0.1, 0.15) is 0 Å². The highest BCUT2D eigenvalue weighted by molar-refractivity contribution is 6.32. The molecular formula is C12H14ClNO3. The van der Waals surface area contributed by atoms with Crippen LogP contribution in [0.4, 0.5) is 0 Å². The largest absolute Gasteiger partial charge is 0.492 e. The Morgan fingerprint density at radius 3 is 2.35 bits per heavy atom. The molecule has 4 nitrogen and oxygen atoms in total. The summed E-state index contributed by atoms with van der Waals surface area (Å²) in [7, 11) is 3.00. The minimum Gasteiger partial charge on any atom is -0.492 e. The monoisotopic (exact) mass is 255 g/mol. The van der Waals surface area contributed by atoms with Crippen molar-refractivity contribution in [3.8, 4) is 11.5 Å². The second-order valence-corrected chi connectivity index (χ2v) is 4.57. The molecule has 0 unspecified atom stereocenters. The van der Waals surface area contributed by atoms with Gasteiger partial charge in [0.05, 0.1) is 24.8 Å². The SMILES string of the molecule is COc1c(C=O)cc(Cl)c(C2(N)CC2)c1OC. The summed E-state index contributed by atoms with van der Waals surface area (Å²) in [6.07, 6.45) is 2.40. The van der Waals surface area contributed by atoms with E-state index in [4.69, 9.17) is 26.8 Å². The predicted octanol–water partition coefficient (Wildman–Crippen LogP) is 2.12. The predicted molar refractivity (Wildman–Crippen MR) is 65.0 cm³/mol. The number of carbonyl (C=O) groups is 1. The first kappa shape index (κ1) is 12.2. The van der Waals surface area contributed by atoms with E-state index in [2.05, 4.69) is 0 Å². The molecule has 0 bridgehead atoms. The van der Waals surface area contributed by atoms with Crippen LogP contribution in [0.2, 0.25) is 5.02 Å². The number of aldehydes is 1. The van der Waals surface area contributed by atoms with E-state index in [1.807, 2.05) is 0 Å². The van der Waals surface area contributed by atoms with Crippen molar-refractivity contribution in [1.82, 2.24) is 0 Å². The number of benzene rings is 1. The van der Waals surface area contributed by atoms with Gasteiger partial charge in [0, 0.05) is 11.1 Å². The highest BCUT2D eigenvalue weighted by Gasteiger charge is 2.45. The molecule has 0 radical (unpaired) electrons. The van der Waals surface area contributed by atoms with E-state index in [1.165, 1.54) is 14.2 Å². The minimum atomic E-state index is -0.447. The van der Waals surface area contributed by atoms with Gasteiger partial charge in [-0.15, -0.1) is 0 Å². The number of nitrogens with two attached hydrogens (primary N) is 1. The van der Waals surface area contributed by atoms with Gasteiger partial charge in [-0.05, 0) is 18.9 Å². The maximum Gasteiger partial charge on any atom is 0.171 e. The van der Waals surface area contributed by atoms with Gasteiger partial charge in [-0.2, -0.15) is 0 Å². The maximum absolute atomic E-state index is 11.0. The minimum absolute atomic E-state index is 0.363. The summed E-state index contributed by atoms with van der Waals surface area (Å²) in [4.78, 5) is 11.0. The highest BCUT2D eigenvalue weighted by atomic mass is 35.5. The van der Waals surface area contributed by atoms with Crippen molar-refractivity contribution >= 4 is 17.9 Å². The molecule has 1 saturated carbocycles. The van der Waals surface area contributed by atoms with Crippen LogP contribution in [0.3, 0.4) is 0 Å². The molecule has 0 aliphatic heterocycles. The first-order chi connectivity index (χ1) is 8.07. The summed E-state index contributed by atoms with van der Waals surface area (Å²) >= 11 is 6.17. The van der Waals surface area contributed by atoms with Gasteiger partial charge in [0.15, 0.2) is 17.8 Å². The number of carbonyl (C=O) groups excluding carboxylic acids is 1. The van der Waals surface area contributed by atoms with Gasteiger partial charge < -0.3 is 15.2 Å². The third-order valence-corrected chi connectivity index (χ3v) is 3.34. The van der Waals surface area contributed by atoms with E-state index >= 15 is 0 Å². The number of rotatable bonds is 4. The van der Waals surface area contributed by atoms with Gasteiger partial charge in [0.25, 0.3) is 0 Å². The molecule has 1 aromatic carbocycles. The molecule has 0 amide bonds. The van der Waals surface area contributed by atoms with Crippen LogP contribution in [0.25, 0.3) is 0 Å². The molecule has 2 rings (SSSR count). The lowest BCUT2D eigenvalue weighted by Gasteiger charge is -2.19. The van der Waals surface area contributed by atoms with E-state index in [0.717, 1.165) is 18.4 Å². The molecule has 0 aromatic heterocycles. The summed E-state index contributed by atoms with van der Waals surface area (Å²) < 4.78 is 10.5. The molecule has 0 atom stereocenters. The number of methoxy groups -OCH3 is 2. The van der Waals surface area contributed by atoms with E-state index in [9.17, 15) is 4.79 Å². The van der Waals surface area contributed by atoms with Gasteiger partial charge in [0.2, 0.25) is 0 Å². The Hall–Kier alpha value is -1.26. The fraction of sp³-hybridized carbons (Fsp3) is 0.417. The normalized spacial score (nSPS) is 16.5. The Kier molecular flexibility index (Phi) is 3.02. The molecule has 17 heavy (non-hydrogen) atoms. The van der Waals surface area contributed by atoms with Crippen molar-refractivity contribution in [3.63, 3.8) is 0 Å². The summed E-state index contributed by atoms with van der Waals surface area (Å²) in [6, 6.07) is 1.57. The fourth-order valence-corrected chi connectivity index (χ4v) is 2.36. The maximum atomic E-state index is 11.0. The van der Waals surface area contributed by atoms with Gasteiger partial charge >= 0.3 is 0 Å². The molecule has 92 valence electrons. The Labute approximate surface area is 105 Å². The Balaban J connectivity index is 2.70. The number of halogens is 1. The Bertz CT molecular complexity index is 469. The lowest BCUT2D eigenvalue weighted by Crippen LogP contribution is -2.21. The van der Waals surface area contributed by atoms with Crippen molar-refractivity contribution in [2.75, 3.05) is 14.2 Å². The second-order valence-electron chi connectivity index (χ2n) is 4.16. The molecule has 5 heteroatoms. The summed E-state index contributed by atoms with van der Waals surface area (Å²) in [5.74, 6) is 0.848. The molecule has 0 heterocycles. The molecule has 0 spiro atoms. The molecule has 1 aliphatic rings. The van der Waals surface area contributed by atoms with Crippen LogP contribution in [0.15, 0.2) is 6.07 Å². The van der Waals surface area contributed by atoms with E-state index < -0.39 is 5.54 Å². The van der Waals surface area contributed by atoms with E-state index in [-0.39, 0.29) is 0 Å². The zero-order chi connectivity index (χ0) is 12.6. The molecule has 2 N–H and O–H groups in total. The summed E-state index contributed by atoms with van der Waals surface area (Å²) in [5, 5.41) is 0.449. The third-order valence-electron chi connectivity index (χ3n) is 3.04. The van der Waals surface area contributed by atoms with Crippen LogP contribution in [0.5, 0.6) is 11.5 Å². The Morgan fingerprint density at radius 2 is 1.94 bits per heavy atom. The number of hydrogen-bond donors (Lipinski definition) is 1. The summed E-state index contributed by atoms with van der Waals surface area (Å²) in [6.45, 7) is 0. The zero-order valence-corrected chi connectivity index (χ0v) is 10.5. The van der Waals surface area contributed by atoms with Crippen molar-refractivity contribution in [3.05, 3.63) is 22.2 Å². The van der Waals surface area contributed by atoms with Gasteiger partial charge in [-0.3, -0.25) is 4.79 Å². The lowest BCUT2D eigenvalue weighted by atomic mass is 10.0. The molecule has 1 aromatic rings. The topological polar surface area (TPSA) is 61.5 Å². The number of hydrogen-bond acceptors (Lipinski definition) is 4. The summed E-state index contributed by atoms with van der Waals surface area (Å²) in [5.41, 5.74) is 6.79. The van der Waals surface area contributed by atoms with Gasteiger partial charge in [-0.25, -0.2) is 0 Å². The first-order valence-corrected chi connectivity index (χ1v) is 5.64. The first-order valence-electron chi connectivity index (χ1n) is 5.26. The molecule has 1 fully saturated rings. The fourth-order valence-electron chi connectivity index (χ4n) is 1.97.